The van der Waals surface area contributed by atoms with Gasteiger partial charge >= 0.3 is 0 Å². The fourth-order valence-corrected chi connectivity index (χ4v) is 3.75. The minimum Gasteiger partial charge on any atom is -0.341 e. The van der Waals surface area contributed by atoms with Gasteiger partial charge in [0.15, 0.2) is 0 Å². The molecule has 1 fully saturated rings. The van der Waals surface area contributed by atoms with E-state index in [0.717, 1.165) is 32.2 Å². The number of likely N-dealkylation sites (tertiary alicyclic amines) is 1. The van der Waals surface area contributed by atoms with Gasteiger partial charge in [0.25, 0.3) is 0 Å². The number of anilines is 1. The zero-order valence-electron chi connectivity index (χ0n) is 11.8. The van der Waals surface area contributed by atoms with Gasteiger partial charge < -0.3 is 4.90 Å². The molecule has 6 heteroatoms. The third kappa shape index (κ3) is 3.12. The number of carbonyl (C=O) groups excluding carboxylic acids is 1. The highest BCUT2D eigenvalue weighted by atomic mass is 32.2. The van der Waals surface area contributed by atoms with Crippen molar-refractivity contribution in [3.63, 3.8) is 0 Å². The highest BCUT2D eigenvalue weighted by Crippen LogP contribution is 2.22. The summed E-state index contributed by atoms with van der Waals surface area (Å²) < 4.78 is 25.3. The topological polar surface area (TPSA) is 57.7 Å². The Kier molecular flexibility index (Phi) is 4.32. The van der Waals surface area contributed by atoms with Gasteiger partial charge in [-0.05, 0) is 31.9 Å². The van der Waals surface area contributed by atoms with E-state index in [1.807, 2.05) is 6.07 Å². The van der Waals surface area contributed by atoms with E-state index >= 15 is 0 Å². The van der Waals surface area contributed by atoms with E-state index in [2.05, 4.69) is 0 Å². The molecule has 1 unspecified atom stereocenters. The van der Waals surface area contributed by atoms with Crippen molar-refractivity contribution in [1.29, 1.82) is 0 Å². The normalized spacial score (nSPS) is 17.0. The molecule has 1 atom stereocenters. The summed E-state index contributed by atoms with van der Waals surface area (Å²) in [4.78, 5) is 14.2. The third-order valence-electron chi connectivity index (χ3n) is 3.49. The largest absolute Gasteiger partial charge is 0.341 e. The smallest absolute Gasteiger partial charge is 0.246 e. The van der Waals surface area contributed by atoms with Crippen LogP contribution in [0.3, 0.4) is 0 Å². The van der Waals surface area contributed by atoms with Crippen molar-refractivity contribution in [2.24, 2.45) is 0 Å². The minimum absolute atomic E-state index is 0.128. The van der Waals surface area contributed by atoms with Gasteiger partial charge in [-0.25, -0.2) is 8.42 Å². The standard InChI is InChI=1S/C14H20N2O3S/c1-12(14(17)15-10-6-7-11-15)16(20(2,18)19)13-8-4-3-5-9-13/h3-5,8-9,12H,6-7,10-11H2,1-2H3. The van der Waals surface area contributed by atoms with Crippen molar-refractivity contribution in [3.8, 4) is 0 Å². The van der Waals surface area contributed by atoms with E-state index in [1.54, 1.807) is 36.1 Å². The molecule has 0 radical (unpaired) electrons. The average Bonchev–Trinajstić information content (AvgIpc) is 2.91. The van der Waals surface area contributed by atoms with Crippen LogP contribution in [0.25, 0.3) is 0 Å². The van der Waals surface area contributed by atoms with E-state index in [4.69, 9.17) is 0 Å². The summed E-state index contributed by atoms with van der Waals surface area (Å²) in [5.41, 5.74) is 0.523. The second-order valence-corrected chi connectivity index (χ2v) is 6.96. The zero-order chi connectivity index (χ0) is 14.8. The number of sulfonamides is 1. The van der Waals surface area contributed by atoms with Crippen LogP contribution in [-0.4, -0.2) is 44.6 Å². The molecule has 2 rings (SSSR count). The van der Waals surface area contributed by atoms with Gasteiger partial charge in [0, 0.05) is 13.1 Å². The molecule has 5 nitrogen and oxygen atoms in total. The van der Waals surface area contributed by atoms with Crippen LogP contribution in [0.2, 0.25) is 0 Å². The average molecular weight is 296 g/mol. The summed E-state index contributed by atoms with van der Waals surface area (Å²) in [6.07, 6.45) is 3.11. The number of hydrogen-bond acceptors (Lipinski definition) is 3. The molecule has 0 aliphatic carbocycles. The second kappa shape index (κ2) is 5.83. The molecule has 1 aliphatic heterocycles. The van der Waals surface area contributed by atoms with Gasteiger partial charge in [0.2, 0.25) is 15.9 Å². The maximum atomic E-state index is 12.4. The molecule has 1 aliphatic rings. The molecule has 0 N–H and O–H groups in total. The number of carbonyl (C=O) groups is 1. The van der Waals surface area contributed by atoms with E-state index in [9.17, 15) is 13.2 Å². The lowest BCUT2D eigenvalue weighted by Crippen LogP contribution is -2.48. The Morgan fingerprint density at radius 1 is 1.20 bits per heavy atom. The Morgan fingerprint density at radius 2 is 1.75 bits per heavy atom. The maximum Gasteiger partial charge on any atom is 0.246 e. The molecule has 1 heterocycles. The van der Waals surface area contributed by atoms with Crippen LogP contribution in [-0.2, 0) is 14.8 Å². The number of hydrogen-bond donors (Lipinski definition) is 0. The number of para-hydroxylation sites is 1. The van der Waals surface area contributed by atoms with Gasteiger partial charge in [0.1, 0.15) is 6.04 Å². The van der Waals surface area contributed by atoms with Crippen molar-refractivity contribution in [3.05, 3.63) is 30.3 Å². The van der Waals surface area contributed by atoms with Gasteiger partial charge in [-0.15, -0.1) is 0 Å². The Morgan fingerprint density at radius 3 is 2.25 bits per heavy atom. The maximum absolute atomic E-state index is 12.4. The first-order valence-electron chi connectivity index (χ1n) is 6.74. The van der Waals surface area contributed by atoms with E-state index in [-0.39, 0.29) is 5.91 Å². The molecule has 0 aromatic heterocycles. The van der Waals surface area contributed by atoms with E-state index < -0.39 is 16.1 Å². The summed E-state index contributed by atoms with van der Waals surface area (Å²) in [5, 5.41) is 0. The van der Waals surface area contributed by atoms with Gasteiger partial charge in [-0.2, -0.15) is 0 Å². The predicted octanol–water partition coefficient (Wildman–Crippen LogP) is 1.46. The first kappa shape index (κ1) is 14.8. The number of rotatable bonds is 4. The van der Waals surface area contributed by atoms with Crippen LogP contribution < -0.4 is 4.31 Å². The summed E-state index contributed by atoms with van der Waals surface area (Å²) >= 11 is 0. The van der Waals surface area contributed by atoms with Crippen LogP contribution in [0.5, 0.6) is 0 Å². The fraction of sp³-hybridized carbons (Fsp3) is 0.500. The Bertz CT molecular complexity index is 565. The van der Waals surface area contributed by atoms with E-state index in [0.29, 0.717) is 5.69 Å². The lowest BCUT2D eigenvalue weighted by atomic mass is 10.2. The van der Waals surface area contributed by atoms with Crippen molar-refractivity contribution in [1.82, 2.24) is 4.90 Å². The molecule has 1 saturated heterocycles. The molecule has 0 spiro atoms. The van der Waals surface area contributed by atoms with Crippen LogP contribution in [0.1, 0.15) is 19.8 Å². The Hall–Kier alpha value is -1.56. The first-order chi connectivity index (χ1) is 9.41. The lowest BCUT2D eigenvalue weighted by Gasteiger charge is -2.30. The molecular formula is C14H20N2O3S. The van der Waals surface area contributed by atoms with E-state index in [1.165, 1.54) is 4.31 Å². The Balaban J connectivity index is 2.30. The summed E-state index contributed by atoms with van der Waals surface area (Å²) in [5.74, 6) is -0.128. The highest BCUT2D eigenvalue weighted by molar-refractivity contribution is 7.92. The summed E-state index contributed by atoms with van der Waals surface area (Å²) in [6, 6.07) is 8.03. The van der Waals surface area contributed by atoms with Gasteiger partial charge in [-0.3, -0.25) is 9.10 Å². The Labute approximate surface area is 120 Å². The lowest BCUT2D eigenvalue weighted by molar-refractivity contribution is -0.130. The fourth-order valence-electron chi connectivity index (χ4n) is 2.58. The summed E-state index contributed by atoms with van der Waals surface area (Å²) in [6.45, 7) is 3.08. The van der Waals surface area contributed by atoms with Crippen molar-refractivity contribution in [2.75, 3.05) is 23.7 Å². The number of amides is 1. The quantitative estimate of drug-likeness (QED) is 0.845. The van der Waals surface area contributed by atoms with Crippen LogP contribution in [0.4, 0.5) is 5.69 Å². The molecule has 1 aromatic carbocycles. The van der Waals surface area contributed by atoms with Gasteiger partial charge in [-0.1, -0.05) is 18.2 Å². The minimum atomic E-state index is -3.51. The second-order valence-electron chi connectivity index (χ2n) is 5.10. The van der Waals surface area contributed by atoms with Crippen molar-refractivity contribution >= 4 is 21.6 Å². The summed E-state index contributed by atoms with van der Waals surface area (Å²) in [7, 11) is -3.51. The van der Waals surface area contributed by atoms with Crippen LogP contribution in [0.15, 0.2) is 30.3 Å². The van der Waals surface area contributed by atoms with Crippen molar-refractivity contribution < 1.29 is 13.2 Å². The zero-order valence-corrected chi connectivity index (χ0v) is 12.6. The number of benzene rings is 1. The molecule has 1 aromatic rings. The molecule has 0 bridgehead atoms. The highest BCUT2D eigenvalue weighted by Gasteiger charge is 2.32. The van der Waals surface area contributed by atoms with Gasteiger partial charge in [0.05, 0.1) is 11.9 Å². The monoisotopic (exact) mass is 296 g/mol. The number of nitrogens with zero attached hydrogens (tertiary/aromatic N) is 2. The molecule has 20 heavy (non-hydrogen) atoms. The molecule has 0 saturated carbocycles. The van der Waals surface area contributed by atoms with Crippen LogP contribution >= 0.6 is 0 Å². The molecular weight excluding hydrogens is 276 g/mol. The van der Waals surface area contributed by atoms with Crippen LogP contribution in [0, 0.1) is 0 Å². The van der Waals surface area contributed by atoms with Crippen molar-refractivity contribution in [2.45, 2.75) is 25.8 Å². The SMILES string of the molecule is CC(C(=O)N1CCCC1)N(c1ccccc1)S(C)(=O)=O. The predicted molar refractivity (Wildman–Crippen MR) is 79.0 cm³/mol. The molecule has 1 amide bonds. The molecule has 110 valence electrons. The third-order valence-corrected chi connectivity index (χ3v) is 4.74. The first-order valence-corrected chi connectivity index (χ1v) is 8.59.